The van der Waals surface area contributed by atoms with E-state index in [2.05, 4.69) is 158 Å². The van der Waals surface area contributed by atoms with Crippen LogP contribution in [0.25, 0.3) is 55.3 Å². The molecule has 2 heterocycles. The molecule has 0 saturated heterocycles. The van der Waals surface area contributed by atoms with Crippen molar-refractivity contribution in [2.45, 2.75) is 159 Å². The van der Waals surface area contributed by atoms with Crippen LogP contribution in [-0.4, -0.2) is 20.9 Å². The average Bonchev–Trinajstić information content (AvgIpc) is 3.97. The molecule has 1 radical (unpaired) electrons. The monoisotopic (exact) mass is 1120 g/mol. The van der Waals surface area contributed by atoms with Gasteiger partial charge in [0.25, 0.3) is 0 Å². The summed E-state index contributed by atoms with van der Waals surface area (Å²) in [5.74, 6) is 1.66. The van der Waals surface area contributed by atoms with Crippen molar-refractivity contribution in [2.24, 2.45) is 16.7 Å². The van der Waals surface area contributed by atoms with Gasteiger partial charge in [-0.15, -0.1) is 63.7 Å². The second kappa shape index (κ2) is 23.1. The number of fused-ring (bicyclic) bond motifs is 5. The maximum absolute atomic E-state index is 12.2. The first-order valence-electron chi connectivity index (χ1n) is 26.3. The fourth-order valence-electron chi connectivity index (χ4n) is 10.8. The molecule has 0 atom stereocenters. The molecule has 4 nitrogen and oxygen atoms in total. The number of aryl methyl sites for hydroxylation is 3. The molecule has 0 amide bonds. The maximum Gasteiger partial charge on any atom is 0.164 e. The fourth-order valence-corrected chi connectivity index (χ4v) is 10.8. The SMILES string of the molecule is CCC(C)(CC)C(=O)/C=C(\O)C(C)(CC)CC.Cc1[c-]c(-c2ccc3c(CC(C)C)cccc3n2)cc(C)c1.Cc1[c-]c(-c2nccc3cc(C4CCCC4)ccc23)c2c(c1)-c1ccccc1C2(C)C.[Ir]. The Kier molecular flexibility index (Phi) is 17.9. The van der Waals surface area contributed by atoms with Gasteiger partial charge in [0.2, 0.25) is 0 Å². The summed E-state index contributed by atoms with van der Waals surface area (Å²) < 4.78 is 0. The van der Waals surface area contributed by atoms with Gasteiger partial charge < -0.3 is 10.1 Å². The minimum Gasteiger partial charge on any atom is -0.512 e. The molecule has 0 unspecified atom stereocenters. The van der Waals surface area contributed by atoms with Gasteiger partial charge in [-0.25, -0.2) is 0 Å². The number of rotatable bonds is 12. The molecular weight excluding hydrogens is 1040 g/mol. The Balaban J connectivity index is 0.000000183. The normalized spacial score (nSPS) is 14.3. The van der Waals surface area contributed by atoms with E-state index in [1.165, 1.54) is 92.4 Å². The fraction of sp³-hybridized carbons (Fsp3) is 0.409. The van der Waals surface area contributed by atoms with Gasteiger partial charge in [0, 0.05) is 48.6 Å². The van der Waals surface area contributed by atoms with Crippen LogP contribution in [0, 0.1) is 49.7 Å². The zero-order valence-electron chi connectivity index (χ0n) is 45.0. The van der Waals surface area contributed by atoms with E-state index >= 15 is 0 Å². The third-order valence-corrected chi connectivity index (χ3v) is 16.0. The van der Waals surface area contributed by atoms with E-state index in [-0.39, 0.29) is 47.9 Å². The zero-order chi connectivity index (χ0) is 50.5. The number of nitrogens with zero attached hydrogens (tertiary/aromatic N) is 2. The van der Waals surface area contributed by atoms with Crippen LogP contribution in [0.4, 0.5) is 0 Å². The molecule has 1 fully saturated rings. The van der Waals surface area contributed by atoms with E-state index in [0.29, 0.717) is 5.92 Å². The Hall–Kier alpha value is -5.22. The van der Waals surface area contributed by atoms with E-state index in [9.17, 15) is 9.90 Å². The number of hydrogen-bond donors (Lipinski definition) is 1. The van der Waals surface area contributed by atoms with Crippen LogP contribution in [0.1, 0.15) is 165 Å². The van der Waals surface area contributed by atoms with Crippen LogP contribution in [0.2, 0.25) is 0 Å². The van der Waals surface area contributed by atoms with Gasteiger partial charge in [0.05, 0.1) is 5.52 Å². The summed E-state index contributed by atoms with van der Waals surface area (Å²) in [5, 5.41) is 13.9. The van der Waals surface area contributed by atoms with Gasteiger partial charge in [-0.05, 0) is 119 Å². The summed E-state index contributed by atoms with van der Waals surface area (Å²) in [5.41, 5.74) is 16.6. The van der Waals surface area contributed by atoms with Crippen molar-refractivity contribution in [3.8, 4) is 33.6 Å². The summed E-state index contributed by atoms with van der Waals surface area (Å²) in [7, 11) is 0. The minimum atomic E-state index is -0.337. The Morgan fingerprint density at radius 2 is 1.44 bits per heavy atom. The predicted octanol–water partition coefficient (Wildman–Crippen LogP) is 18.1. The molecule has 7 aromatic rings. The number of pyridine rings is 2. The molecule has 0 bridgehead atoms. The molecule has 0 spiro atoms. The van der Waals surface area contributed by atoms with Crippen LogP contribution in [-0.2, 0) is 36.7 Å². The van der Waals surface area contributed by atoms with Gasteiger partial charge in [-0.1, -0.05) is 175 Å². The van der Waals surface area contributed by atoms with Gasteiger partial charge in [-0.3, -0.25) is 9.78 Å². The molecular formula is C66H78IrN2O2-2. The van der Waals surface area contributed by atoms with Crippen molar-refractivity contribution in [1.29, 1.82) is 0 Å². The smallest absolute Gasteiger partial charge is 0.164 e. The van der Waals surface area contributed by atoms with Crippen molar-refractivity contribution in [3.63, 3.8) is 0 Å². The Labute approximate surface area is 440 Å². The van der Waals surface area contributed by atoms with Crippen LogP contribution in [0.15, 0.2) is 115 Å². The zero-order valence-corrected chi connectivity index (χ0v) is 47.4. The summed E-state index contributed by atoms with van der Waals surface area (Å²) in [6.45, 7) is 27.6. The van der Waals surface area contributed by atoms with Gasteiger partial charge in [0.1, 0.15) is 5.76 Å². The number of benzene rings is 5. The summed E-state index contributed by atoms with van der Waals surface area (Å²) in [4.78, 5) is 22.0. The number of aliphatic hydroxyl groups excluding tert-OH is 1. The number of ketones is 1. The van der Waals surface area contributed by atoms with E-state index in [1.807, 2.05) is 47.7 Å². The molecule has 2 aliphatic rings. The summed E-state index contributed by atoms with van der Waals surface area (Å²) in [6, 6.07) is 42.6. The third kappa shape index (κ3) is 11.9. The van der Waals surface area contributed by atoms with E-state index in [0.717, 1.165) is 71.6 Å². The summed E-state index contributed by atoms with van der Waals surface area (Å²) in [6.07, 6.45) is 13.2. The van der Waals surface area contributed by atoms with Crippen LogP contribution >= 0.6 is 0 Å². The molecule has 0 aliphatic heterocycles. The van der Waals surface area contributed by atoms with Crippen LogP contribution in [0.5, 0.6) is 0 Å². The third-order valence-electron chi connectivity index (χ3n) is 16.0. The maximum atomic E-state index is 12.2. The molecule has 5 heteroatoms. The summed E-state index contributed by atoms with van der Waals surface area (Å²) >= 11 is 0. The van der Waals surface area contributed by atoms with Gasteiger partial charge >= 0.3 is 0 Å². The van der Waals surface area contributed by atoms with E-state index < -0.39 is 0 Å². The van der Waals surface area contributed by atoms with E-state index in [1.54, 1.807) is 0 Å². The van der Waals surface area contributed by atoms with Crippen LogP contribution < -0.4 is 0 Å². The Morgan fingerprint density at radius 3 is 2.10 bits per heavy atom. The first kappa shape index (κ1) is 55.1. The van der Waals surface area contributed by atoms with Crippen LogP contribution in [0.3, 0.4) is 0 Å². The van der Waals surface area contributed by atoms with Crippen molar-refractivity contribution < 1.29 is 30.0 Å². The van der Waals surface area contributed by atoms with Crippen molar-refractivity contribution in [1.82, 2.24) is 9.97 Å². The molecule has 2 aliphatic carbocycles. The molecule has 1 saturated carbocycles. The molecule has 71 heavy (non-hydrogen) atoms. The number of aromatic nitrogens is 2. The van der Waals surface area contributed by atoms with Gasteiger partial charge in [-0.2, -0.15) is 0 Å². The first-order chi connectivity index (χ1) is 33.4. The standard InChI is InChI=1S/C30H28N.C21H22N.C15H28O2.Ir/c1-19-16-25-24-10-6-7-11-27(24)30(2,3)28(25)26(17-19)29-23-13-12-21(20-8-4-5-9-20)18-22(23)14-15-31-29;1-14(2)10-17-6-5-7-21-19(17)8-9-20(22-21)18-12-15(3)11-16(4)13-18;1-7-14(5,8-2)12(16)11-13(17)15(6,9-3)10-4;/h6-7,10-16,18,20H,4-5,8-9H2,1-3H3;5-9,11-12,14H,10H2,1-4H3;11,16H,7-10H2,1-6H3;/q2*-1;;/b;;12-11-;. The first-order valence-corrected chi connectivity index (χ1v) is 26.3. The number of hydrogen-bond acceptors (Lipinski definition) is 4. The Bertz CT molecular complexity index is 3000. The average molecular weight is 1120 g/mol. The molecule has 5 aromatic carbocycles. The number of allylic oxidation sites excluding steroid dienone is 2. The van der Waals surface area contributed by atoms with Crippen molar-refractivity contribution >= 4 is 27.5 Å². The molecule has 375 valence electrons. The molecule has 1 N–H and O–H groups in total. The number of carbonyl (C=O) groups excluding carboxylic acids is 1. The largest absolute Gasteiger partial charge is 0.512 e. The molecule has 9 rings (SSSR count). The van der Waals surface area contributed by atoms with Crippen molar-refractivity contribution in [2.75, 3.05) is 0 Å². The topological polar surface area (TPSA) is 63.1 Å². The Morgan fingerprint density at radius 1 is 0.775 bits per heavy atom. The second-order valence-corrected chi connectivity index (χ2v) is 21.9. The number of aliphatic hydroxyl groups is 1. The minimum absolute atomic E-state index is 0. The van der Waals surface area contributed by atoms with Crippen molar-refractivity contribution in [3.05, 3.63) is 166 Å². The quantitative estimate of drug-likeness (QED) is 0.0752. The van der Waals surface area contributed by atoms with E-state index in [4.69, 9.17) is 9.97 Å². The predicted molar refractivity (Wildman–Crippen MR) is 297 cm³/mol. The second-order valence-electron chi connectivity index (χ2n) is 21.9. The molecule has 2 aromatic heterocycles. The number of carbonyl (C=O) groups is 1. The van der Waals surface area contributed by atoms with Gasteiger partial charge in [0.15, 0.2) is 5.78 Å².